The normalized spacial score (nSPS) is 28.6. The van der Waals surface area contributed by atoms with Crippen LogP contribution in [0.15, 0.2) is 60.1 Å². The van der Waals surface area contributed by atoms with Gasteiger partial charge in [-0.3, -0.25) is 4.79 Å². The molecule has 4 N–H and O–H groups in total. The maximum absolute atomic E-state index is 11.0. The van der Waals surface area contributed by atoms with Crippen LogP contribution in [0.5, 0.6) is 0 Å². The predicted octanol–water partition coefficient (Wildman–Crippen LogP) is 2.19. The van der Waals surface area contributed by atoms with Crippen LogP contribution in [0.1, 0.15) is 30.4 Å². The standard InChI is InChI=1S/C21H25N3O3/c1-21(19-7-10-23-24-19)9-6-16(13-22-21)27-11-8-14-2-4-15(5-3-14)17-12-18(17)20(25)26/h2-7,9,13,17-18,22-24H,8,10-12H2,1H3,(H,25,26). The minimum atomic E-state index is -0.688. The van der Waals surface area contributed by atoms with Gasteiger partial charge in [0.25, 0.3) is 0 Å². The molecule has 6 heteroatoms. The molecular formula is C21H25N3O3. The molecule has 142 valence electrons. The second-order valence-corrected chi connectivity index (χ2v) is 7.48. The molecular weight excluding hydrogens is 342 g/mol. The van der Waals surface area contributed by atoms with Gasteiger partial charge in [-0.25, -0.2) is 5.43 Å². The Morgan fingerprint density at radius 2 is 2.15 bits per heavy atom. The van der Waals surface area contributed by atoms with Crippen LogP contribution in [0.3, 0.4) is 0 Å². The Labute approximate surface area is 159 Å². The Balaban J connectivity index is 1.24. The number of carboxylic acid groups (broad SMARTS) is 1. The van der Waals surface area contributed by atoms with Crippen LogP contribution < -0.4 is 16.2 Å². The zero-order valence-electron chi connectivity index (χ0n) is 15.4. The van der Waals surface area contributed by atoms with Gasteiger partial charge in [0.05, 0.1) is 23.8 Å². The van der Waals surface area contributed by atoms with Crippen LogP contribution in [-0.4, -0.2) is 29.8 Å². The highest BCUT2D eigenvalue weighted by molar-refractivity contribution is 5.75. The SMILES string of the molecule is CC1(C2=CCNN2)C=CC(OCCc2ccc(C3CC3C(=O)O)cc2)=CN1. The van der Waals surface area contributed by atoms with Crippen LogP contribution in [0, 0.1) is 5.92 Å². The highest BCUT2D eigenvalue weighted by Gasteiger charge is 2.43. The van der Waals surface area contributed by atoms with E-state index < -0.39 is 5.97 Å². The number of rotatable bonds is 7. The smallest absolute Gasteiger partial charge is 0.307 e. The van der Waals surface area contributed by atoms with Crippen molar-refractivity contribution in [3.63, 3.8) is 0 Å². The fourth-order valence-corrected chi connectivity index (χ4v) is 3.57. The Bertz CT molecular complexity index is 812. The molecule has 2 heterocycles. The molecule has 2 aliphatic heterocycles. The molecule has 0 amide bonds. The minimum Gasteiger partial charge on any atom is -0.492 e. The lowest BCUT2D eigenvalue weighted by atomic mass is 9.95. The van der Waals surface area contributed by atoms with Gasteiger partial charge >= 0.3 is 5.97 Å². The molecule has 3 unspecified atom stereocenters. The van der Waals surface area contributed by atoms with Gasteiger partial charge in [-0.15, -0.1) is 0 Å². The van der Waals surface area contributed by atoms with Crippen molar-refractivity contribution < 1.29 is 14.6 Å². The summed E-state index contributed by atoms with van der Waals surface area (Å²) in [5, 5.41) is 12.4. The fraction of sp³-hybridized carbons (Fsp3) is 0.381. The molecule has 0 bridgehead atoms. The summed E-state index contributed by atoms with van der Waals surface area (Å²) < 4.78 is 5.86. The number of hydrazine groups is 1. The highest BCUT2D eigenvalue weighted by atomic mass is 16.5. The number of aliphatic carboxylic acids is 1. The van der Waals surface area contributed by atoms with Gasteiger partial charge in [-0.05, 0) is 48.6 Å². The van der Waals surface area contributed by atoms with E-state index >= 15 is 0 Å². The lowest BCUT2D eigenvalue weighted by molar-refractivity contribution is -0.138. The van der Waals surface area contributed by atoms with Crippen LogP contribution in [0.2, 0.25) is 0 Å². The zero-order valence-corrected chi connectivity index (χ0v) is 15.4. The van der Waals surface area contributed by atoms with Gasteiger partial charge in [-0.1, -0.05) is 24.3 Å². The van der Waals surface area contributed by atoms with Crippen molar-refractivity contribution in [2.75, 3.05) is 13.2 Å². The van der Waals surface area contributed by atoms with Gasteiger partial charge in [0.2, 0.25) is 0 Å². The van der Waals surface area contributed by atoms with Gasteiger partial charge in [-0.2, -0.15) is 0 Å². The molecule has 3 atom stereocenters. The largest absolute Gasteiger partial charge is 0.492 e. The van der Waals surface area contributed by atoms with Crippen molar-refractivity contribution in [1.29, 1.82) is 0 Å². The Kier molecular flexibility index (Phi) is 4.66. The van der Waals surface area contributed by atoms with Crippen LogP contribution in [-0.2, 0) is 16.0 Å². The average molecular weight is 367 g/mol. The van der Waals surface area contributed by atoms with Crippen molar-refractivity contribution in [2.45, 2.75) is 31.2 Å². The lowest BCUT2D eigenvalue weighted by Crippen LogP contribution is -2.46. The first-order valence-corrected chi connectivity index (χ1v) is 9.36. The van der Waals surface area contributed by atoms with E-state index in [1.165, 1.54) is 5.56 Å². The van der Waals surface area contributed by atoms with Gasteiger partial charge in [0.1, 0.15) is 5.76 Å². The lowest BCUT2D eigenvalue weighted by Gasteiger charge is -2.31. The first-order chi connectivity index (χ1) is 13.0. The summed E-state index contributed by atoms with van der Waals surface area (Å²) in [5.74, 6) is 0.115. The summed E-state index contributed by atoms with van der Waals surface area (Å²) in [6, 6.07) is 8.24. The number of hydrogen-bond acceptors (Lipinski definition) is 5. The second-order valence-electron chi connectivity index (χ2n) is 7.48. The molecule has 1 aromatic rings. The van der Waals surface area contributed by atoms with E-state index in [-0.39, 0.29) is 17.4 Å². The molecule has 0 aromatic heterocycles. The van der Waals surface area contributed by atoms with Crippen LogP contribution >= 0.6 is 0 Å². The van der Waals surface area contributed by atoms with Crippen molar-refractivity contribution >= 4 is 5.97 Å². The molecule has 4 rings (SSSR count). The summed E-state index contributed by atoms with van der Waals surface area (Å²) in [5.41, 5.74) is 9.42. The van der Waals surface area contributed by atoms with Gasteiger partial charge in [0, 0.05) is 19.2 Å². The number of hydrogen-bond donors (Lipinski definition) is 4. The Morgan fingerprint density at radius 3 is 2.74 bits per heavy atom. The molecule has 1 saturated carbocycles. The molecule has 1 aromatic carbocycles. The minimum absolute atomic E-state index is 0.186. The summed E-state index contributed by atoms with van der Waals surface area (Å²) in [7, 11) is 0. The first-order valence-electron chi connectivity index (χ1n) is 9.36. The maximum atomic E-state index is 11.0. The molecule has 0 saturated heterocycles. The summed E-state index contributed by atoms with van der Waals surface area (Å²) in [4.78, 5) is 11.0. The number of dihydropyridines is 1. The van der Waals surface area contributed by atoms with Crippen LogP contribution in [0.25, 0.3) is 0 Å². The van der Waals surface area contributed by atoms with Gasteiger partial charge < -0.3 is 20.6 Å². The number of allylic oxidation sites excluding steroid dienone is 1. The third-order valence-electron chi connectivity index (χ3n) is 5.46. The number of benzene rings is 1. The van der Waals surface area contributed by atoms with Crippen molar-refractivity contribution in [3.05, 3.63) is 71.3 Å². The predicted molar refractivity (Wildman–Crippen MR) is 103 cm³/mol. The third-order valence-corrected chi connectivity index (χ3v) is 5.46. The summed E-state index contributed by atoms with van der Waals surface area (Å²) in [6.07, 6.45) is 9.69. The molecule has 3 aliphatic rings. The Hall–Kier alpha value is -2.73. The summed E-state index contributed by atoms with van der Waals surface area (Å²) in [6.45, 7) is 3.53. The topological polar surface area (TPSA) is 82.6 Å². The maximum Gasteiger partial charge on any atom is 0.307 e. The van der Waals surface area contributed by atoms with Crippen molar-refractivity contribution in [3.8, 4) is 0 Å². The zero-order chi connectivity index (χ0) is 18.9. The number of carboxylic acids is 1. The first kappa shape index (κ1) is 17.7. The van der Waals surface area contributed by atoms with Gasteiger partial charge in [0.15, 0.2) is 0 Å². The molecule has 0 radical (unpaired) electrons. The second kappa shape index (κ2) is 7.12. The molecule has 0 spiro atoms. The Morgan fingerprint density at radius 1 is 1.33 bits per heavy atom. The van der Waals surface area contributed by atoms with E-state index in [1.54, 1.807) is 0 Å². The third kappa shape index (κ3) is 3.85. The van der Waals surface area contributed by atoms with E-state index in [2.05, 4.69) is 47.4 Å². The van der Waals surface area contributed by atoms with E-state index in [4.69, 9.17) is 9.84 Å². The monoisotopic (exact) mass is 367 g/mol. The number of carbonyl (C=O) groups is 1. The number of ether oxygens (including phenoxy) is 1. The van der Waals surface area contributed by atoms with E-state index in [0.717, 1.165) is 36.4 Å². The summed E-state index contributed by atoms with van der Waals surface area (Å²) >= 11 is 0. The van der Waals surface area contributed by atoms with E-state index in [0.29, 0.717) is 6.61 Å². The van der Waals surface area contributed by atoms with E-state index in [1.807, 2.05) is 24.4 Å². The fourth-order valence-electron chi connectivity index (χ4n) is 3.57. The molecule has 27 heavy (non-hydrogen) atoms. The molecule has 1 fully saturated rings. The van der Waals surface area contributed by atoms with Crippen molar-refractivity contribution in [2.24, 2.45) is 5.92 Å². The number of nitrogens with one attached hydrogen (secondary N) is 3. The highest BCUT2D eigenvalue weighted by Crippen LogP contribution is 2.47. The van der Waals surface area contributed by atoms with Crippen LogP contribution in [0.4, 0.5) is 0 Å². The quantitative estimate of drug-likeness (QED) is 0.591. The molecule has 1 aliphatic carbocycles. The average Bonchev–Trinajstić information content (AvgIpc) is 3.28. The molecule has 6 nitrogen and oxygen atoms in total. The van der Waals surface area contributed by atoms with E-state index in [9.17, 15) is 4.79 Å². The van der Waals surface area contributed by atoms with Crippen molar-refractivity contribution in [1.82, 2.24) is 16.2 Å².